The van der Waals surface area contributed by atoms with Crippen LogP contribution in [-0.4, -0.2) is 55.6 Å². The summed E-state index contributed by atoms with van der Waals surface area (Å²) in [6.45, 7) is 16.2. The molecule has 0 atom stereocenters. The second-order valence-corrected chi connectivity index (χ2v) is 18.7. The fraction of sp³-hybridized carbons (Fsp3) is 0.606. The van der Waals surface area contributed by atoms with Crippen LogP contribution in [0.3, 0.4) is 0 Å². The minimum Gasteiger partial charge on any atom is -0.440 e. The van der Waals surface area contributed by atoms with E-state index in [2.05, 4.69) is 55.1 Å². The first kappa shape index (κ1) is 30.7. The number of anilines is 2. The fourth-order valence-corrected chi connectivity index (χ4v) is 6.93. The summed E-state index contributed by atoms with van der Waals surface area (Å²) in [5.41, 5.74) is 4.38. The van der Waals surface area contributed by atoms with Crippen molar-refractivity contribution in [3.8, 4) is 0 Å². The monoisotopic (exact) mass is 592 g/mol. The van der Waals surface area contributed by atoms with Crippen LogP contribution < -0.4 is 10.2 Å². The van der Waals surface area contributed by atoms with Gasteiger partial charge in [-0.15, -0.1) is 0 Å². The van der Waals surface area contributed by atoms with Crippen molar-refractivity contribution >= 4 is 36.7 Å². The number of carbonyl (C=O) groups excluding carboxylic acids is 1. The quantitative estimate of drug-likeness (QED) is 0.265. The highest BCUT2D eigenvalue weighted by molar-refractivity contribution is 6.74. The molecule has 3 aromatic rings. The van der Waals surface area contributed by atoms with Gasteiger partial charge >= 0.3 is 0 Å². The molecule has 228 valence electrons. The van der Waals surface area contributed by atoms with Gasteiger partial charge in [-0.05, 0) is 93.6 Å². The molecule has 1 aliphatic carbocycles. The van der Waals surface area contributed by atoms with Crippen LogP contribution in [-0.2, 0) is 4.43 Å². The summed E-state index contributed by atoms with van der Waals surface area (Å²) in [7, 11) is -1.78. The van der Waals surface area contributed by atoms with Crippen LogP contribution in [0.5, 0.6) is 0 Å². The molecule has 0 bridgehead atoms. The lowest BCUT2D eigenvalue weighted by molar-refractivity contribution is 0.102. The maximum Gasteiger partial charge on any atom is 0.274 e. The van der Waals surface area contributed by atoms with Crippen molar-refractivity contribution in [2.75, 3.05) is 36.5 Å². The molecule has 1 amide bonds. The average molecular weight is 593 g/mol. The highest BCUT2D eigenvalue weighted by Gasteiger charge is 2.38. The number of aryl methyl sites for hydroxylation is 1. The molecular formula is C33H48N4O4Si. The molecule has 9 heteroatoms. The SMILES string of the molecule is Cc1cccc(C(=O)Nc2cc3oc(C4CCC(CO)CC4)nc3cc2N2CCC(CO[Si](C)(C)C(C)(C)C)CC2)n1. The standard InChI is InChI=1S/C33H48N4O4Si/c1-22-8-7-9-26(34-22)31(39)35-27-19-30-28(36-32(41-30)25-12-10-23(20-38)11-13-25)18-29(27)37-16-14-24(15-17-37)21-40-42(5,6)33(2,3)4/h7-9,18-19,23-25,38H,10-17,20-21H2,1-6H3,(H,35,39). The summed E-state index contributed by atoms with van der Waals surface area (Å²) in [6.07, 6.45) is 6.00. The number of fused-ring (bicyclic) bond motifs is 1. The molecule has 1 aliphatic heterocycles. The summed E-state index contributed by atoms with van der Waals surface area (Å²) < 4.78 is 12.9. The molecule has 3 heterocycles. The van der Waals surface area contributed by atoms with Crippen molar-refractivity contribution in [2.24, 2.45) is 11.8 Å². The normalized spacial score (nSPS) is 20.7. The Labute approximate surface area is 251 Å². The predicted octanol–water partition coefficient (Wildman–Crippen LogP) is 7.29. The number of carbonyl (C=O) groups is 1. The van der Waals surface area contributed by atoms with Crippen molar-refractivity contribution in [3.05, 3.63) is 47.6 Å². The summed E-state index contributed by atoms with van der Waals surface area (Å²) in [4.78, 5) is 25.0. The first-order chi connectivity index (χ1) is 19.9. The van der Waals surface area contributed by atoms with E-state index >= 15 is 0 Å². The Hall–Kier alpha value is -2.75. The Morgan fingerprint density at radius 3 is 2.43 bits per heavy atom. The third-order valence-corrected chi connectivity index (χ3v) is 14.3. The molecule has 0 unspecified atom stereocenters. The van der Waals surface area contributed by atoms with Gasteiger partial charge in [0.25, 0.3) is 5.91 Å². The van der Waals surface area contributed by atoms with Gasteiger partial charge in [0.05, 0.1) is 11.4 Å². The van der Waals surface area contributed by atoms with Crippen LogP contribution in [0.1, 0.15) is 87.3 Å². The van der Waals surface area contributed by atoms with Gasteiger partial charge in [0.15, 0.2) is 19.8 Å². The van der Waals surface area contributed by atoms with Crippen molar-refractivity contribution in [3.63, 3.8) is 0 Å². The molecule has 0 radical (unpaired) electrons. The van der Waals surface area contributed by atoms with E-state index in [0.29, 0.717) is 23.1 Å². The van der Waals surface area contributed by atoms with Gasteiger partial charge < -0.3 is 24.2 Å². The smallest absolute Gasteiger partial charge is 0.274 e. The Morgan fingerprint density at radius 1 is 1.07 bits per heavy atom. The number of nitrogens with zero attached hydrogens (tertiary/aromatic N) is 3. The average Bonchev–Trinajstić information content (AvgIpc) is 3.38. The van der Waals surface area contributed by atoms with Crippen LogP contribution in [0.4, 0.5) is 11.4 Å². The van der Waals surface area contributed by atoms with Gasteiger partial charge in [-0.2, -0.15) is 0 Å². The number of oxazole rings is 1. The van der Waals surface area contributed by atoms with E-state index in [-0.39, 0.29) is 23.5 Å². The number of hydrogen-bond donors (Lipinski definition) is 2. The van der Waals surface area contributed by atoms with Crippen molar-refractivity contribution in [2.45, 2.75) is 90.3 Å². The number of benzene rings is 1. The lowest BCUT2D eigenvalue weighted by atomic mass is 9.82. The van der Waals surface area contributed by atoms with Crippen LogP contribution >= 0.6 is 0 Å². The zero-order valence-electron chi connectivity index (χ0n) is 26.2. The van der Waals surface area contributed by atoms with Gasteiger partial charge in [0.2, 0.25) is 0 Å². The Bertz CT molecular complexity index is 1380. The number of aromatic nitrogens is 2. The molecule has 2 fully saturated rings. The third kappa shape index (κ3) is 6.89. The first-order valence-corrected chi connectivity index (χ1v) is 18.5. The molecule has 1 saturated heterocycles. The number of pyridine rings is 1. The van der Waals surface area contributed by atoms with Gasteiger partial charge in [-0.1, -0.05) is 26.8 Å². The van der Waals surface area contributed by atoms with Crippen molar-refractivity contribution in [1.82, 2.24) is 9.97 Å². The number of nitrogens with one attached hydrogen (secondary N) is 1. The number of rotatable bonds is 8. The summed E-state index contributed by atoms with van der Waals surface area (Å²) >= 11 is 0. The molecule has 2 aliphatic rings. The molecule has 2 N–H and O–H groups in total. The van der Waals surface area contributed by atoms with E-state index in [1.165, 1.54) is 0 Å². The second kappa shape index (κ2) is 12.5. The molecule has 2 aromatic heterocycles. The number of aliphatic hydroxyl groups is 1. The number of amides is 1. The van der Waals surface area contributed by atoms with E-state index in [9.17, 15) is 9.90 Å². The molecule has 1 saturated carbocycles. The summed E-state index contributed by atoms with van der Waals surface area (Å²) in [5, 5.41) is 12.9. The zero-order chi connectivity index (χ0) is 30.1. The second-order valence-electron chi connectivity index (χ2n) is 13.9. The Morgan fingerprint density at radius 2 is 1.79 bits per heavy atom. The fourth-order valence-electron chi connectivity index (χ4n) is 5.85. The van der Waals surface area contributed by atoms with Crippen LogP contribution in [0, 0.1) is 18.8 Å². The van der Waals surface area contributed by atoms with Gasteiger partial charge in [0.1, 0.15) is 11.2 Å². The van der Waals surface area contributed by atoms with Gasteiger partial charge in [-0.25, -0.2) is 9.97 Å². The van der Waals surface area contributed by atoms with E-state index in [4.69, 9.17) is 13.8 Å². The first-order valence-electron chi connectivity index (χ1n) is 15.6. The topological polar surface area (TPSA) is 101 Å². The number of hydrogen-bond acceptors (Lipinski definition) is 7. The predicted molar refractivity (Wildman–Crippen MR) is 171 cm³/mol. The van der Waals surface area contributed by atoms with Gasteiger partial charge in [0, 0.05) is 44.0 Å². The highest BCUT2D eigenvalue weighted by atomic mass is 28.4. The molecule has 5 rings (SSSR count). The molecule has 42 heavy (non-hydrogen) atoms. The summed E-state index contributed by atoms with van der Waals surface area (Å²) in [6, 6.07) is 9.49. The maximum atomic E-state index is 13.3. The minimum absolute atomic E-state index is 0.205. The van der Waals surface area contributed by atoms with E-state index < -0.39 is 8.32 Å². The Kier molecular flexibility index (Phi) is 9.11. The van der Waals surface area contributed by atoms with Crippen LogP contribution in [0.25, 0.3) is 11.1 Å². The molecule has 1 aromatic carbocycles. The van der Waals surface area contributed by atoms with Crippen LogP contribution in [0.15, 0.2) is 34.7 Å². The van der Waals surface area contributed by atoms with Crippen molar-refractivity contribution < 1.29 is 18.7 Å². The number of aliphatic hydroxyl groups excluding tert-OH is 1. The zero-order valence-corrected chi connectivity index (χ0v) is 27.2. The molecule has 8 nitrogen and oxygen atoms in total. The third-order valence-electron chi connectivity index (χ3n) is 9.79. The van der Waals surface area contributed by atoms with E-state index in [1.54, 1.807) is 6.07 Å². The number of piperidine rings is 1. The lowest BCUT2D eigenvalue weighted by Gasteiger charge is -2.39. The molecule has 0 spiro atoms. The molecular weight excluding hydrogens is 544 g/mol. The van der Waals surface area contributed by atoms with Gasteiger partial charge in [-0.3, -0.25) is 4.79 Å². The lowest BCUT2D eigenvalue weighted by Crippen LogP contribution is -2.43. The summed E-state index contributed by atoms with van der Waals surface area (Å²) in [5.74, 6) is 1.69. The Balaban J connectivity index is 1.37. The minimum atomic E-state index is -1.78. The van der Waals surface area contributed by atoms with E-state index in [1.807, 2.05) is 25.1 Å². The maximum absolute atomic E-state index is 13.3. The van der Waals surface area contributed by atoms with E-state index in [0.717, 1.165) is 86.7 Å². The van der Waals surface area contributed by atoms with Crippen LogP contribution in [0.2, 0.25) is 18.1 Å². The largest absolute Gasteiger partial charge is 0.440 e. The van der Waals surface area contributed by atoms with Crippen molar-refractivity contribution in [1.29, 1.82) is 0 Å². The highest BCUT2D eigenvalue weighted by Crippen LogP contribution is 2.40.